The Hall–Kier alpha value is -3.17. The molecular weight excluding hydrogens is 380 g/mol. The average molecular weight is 391 g/mol. The van der Waals surface area contributed by atoms with Gasteiger partial charge in [0.1, 0.15) is 11.5 Å². The highest BCUT2D eigenvalue weighted by atomic mass is 19.3. The molecule has 4 nitrogen and oxygen atoms in total. The number of anilines is 1. The predicted octanol–water partition coefficient (Wildman–Crippen LogP) is 4.82. The zero-order chi connectivity index (χ0) is 20.0. The van der Waals surface area contributed by atoms with E-state index in [0.29, 0.717) is 0 Å². The van der Waals surface area contributed by atoms with E-state index >= 15 is 0 Å². The number of benzene rings is 2. The number of carbonyl (C=O) groups is 1. The van der Waals surface area contributed by atoms with Crippen LogP contribution in [0.2, 0.25) is 0 Å². The maximum Gasteiger partial charge on any atom is 0.387 e. The molecule has 0 heterocycles. The summed E-state index contributed by atoms with van der Waals surface area (Å²) in [5.74, 6) is -4.28. The van der Waals surface area contributed by atoms with E-state index in [-0.39, 0.29) is 5.56 Å². The molecule has 1 N–H and O–H groups in total. The van der Waals surface area contributed by atoms with Crippen LogP contribution in [0.4, 0.5) is 32.0 Å². The number of alkyl halides is 4. The minimum atomic E-state index is -3.26. The maximum atomic E-state index is 13.5. The van der Waals surface area contributed by atoms with Crippen molar-refractivity contribution in [2.24, 2.45) is 0 Å². The van der Waals surface area contributed by atoms with Crippen molar-refractivity contribution in [1.82, 2.24) is 0 Å². The number of rotatable bonds is 7. The first-order valence-electron chi connectivity index (χ1n) is 7.23. The first kappa shape index (κ1) is 20.1. The molecule has 0 spiro atoms. The second-order valence-corrected chi connectivity index (χ2v) is 4.88. The van der Waals surface area contributed by atoms with Crippen LogP contribution in [-0.4, -0.2) is 19.1 Å². The molecule has 2 aromatic rings. The highest BCUT2D eigenvalue weighted by Gasteiger charge is 2.13. The SMILES string of the molecule is O=C(/C=C/c1ccc(OC(F)F)cc1OC(F)F)Nc1cccc(F)c1F. The van der Waals surface area contributed by atoms with E-state index in [1.165, 1.54) is 6.07 Å². The molecule has 1 amide bonds. The molecule has 27 heavy (non-hydrogen) atoms. The summed E-state index contributed by atoms with van der Waals surface area (Å²) in [6, 6.07) is 6.09. The van der Waals surface area contributed by atoms with Gasteiger partial charge in [0.05, 0.1) is 5.69 Å². The Kier molecular flexibility index (Phi) is 6.69. The summed E-state index contributed by atoms with van der Waals surface area (Å²) in [6.45, 7) is -6.42. The molecule has 0 saturated heterocycles. The number of nitrogens with one attached hydrogen (secondary N) is 1. The lowest BCUT2D eigenvalue weighted by Crippen LogP contribution is -2.10. The summed E-state index contributed by atoms with van der Waals surface area (Å²) in [6.07, 6.45) is 1.86. The van der Waals surface area contributed by atoms with Gasteiger partial charge < -0.3 is 14.8 Å². The first-order valence-corrected chi connectivity index (χ1v) is 7.23. The molecule has 10 heteroatoms. The van der Waals surface area contributed by atoms with E-state index in [1.807, 2.05) is 0 Å². The normalized spacial score (nSPS) is 11.3. The minimum Gasteiger partial charge on any atom is -0.435 e. The van der Waals surface area contributed by atoms with Gasteiger partial charge in [-0.1, -0.05) is 6.07 Å². The van der Waals surface area contributed by atoms with Crippen LogP contribution >= 0.6 is 0 Å². The zero-order valence-electron chi connectivity index (χ0n) is 13.3. The van der Waals surface area contributed by atoms with Gasteiger partial charge in [-0.15, -0.1) is 0 Å². The molecule has 0 aliphatic heterocycles. The highest BCUT2D eigenvalue weighted by Crippen LogP contribution is 2.28. The van der Waals surface area contributed by atoms with Crippen molar-refractivity contribution in [2.75, 3.05) is 5.32 Å². The molecule has 2 rings (SSSR count). The van der Waals surface area contributed by atoms with Crippen molar-refractivity contribution >= 4 is 17.7 Å². The lowest BCUT2D eigenvalue weighted by atomic mass is 10.1. The zero-order valence-corrected chi connectivity index (χ0v) is 13.3. The second-order valence-electron chi connectivity index (χ2n) is 4.88. The molecular formula is C17H11F6NO3. The third kappa shape index (κ3) is 5.94. The topological polar surface area (TPSA) is 47.6 Å². The molecule has 144 valence electrons. The van der Waals surface area contributed by atoms with Crippen molar-refractivity contribution in [2.45, 2.75) is 13.2 Å². The Morgan fingerprint density at radius 2 is 1.70 bits per heavy atom. The van der Waals surface area contributed by atoms with Gasteiger partial charge in [0.25, 0.3) is 0 Å². The van der Waals surface area contributed by atoms with E-state index in [0.717, 1.165) is 42.5 Å². The van der Waals surface area contributed by atoms with E-state index in [4.69, 9.17) is 0 Å². The van der Waals surface area contributed by atoms with Crippen LogP contribution in [0.3, 0.4) is 0 Å². The van der Waals surface area contributed by atoms with Gasteiger partial charge in [0.2, 0.25) is 5.91 Å². The largest absolute Gasteiger partial charge is 0.435 e. The minimum absolute atomic E-state index is 0.0632. The molecule has 0 atom stereocenters. The summed E-state index contributed by atoms with van der Waals surface area (Å²) in [5.41, 5.74) is -0.485. The lowest BCUT2D eigenvalue weighted by Gasteiger charge is -2.11. The van der Waals surface area contributed by atoms with Gasteiger partial charge >= 0.3 is 13.2 Å². The van der Waals surface area contributed by atoms with Crippen molar-refractivity contribution in [3.63, 3.8) is 0 Å². The highest BCUT2D eigenvalue weighted by molar-refractivity contribution is 6.02. The second kappa shape index (κ2) is 8.97. The van der Waals surface area contributed by atoms with Crippen LogP contribution < -0.4 is 14.8 Å². The number of hydrogen-bond acceptors (Lipinski definition) is 3. The number of hydrogen-bond donors (Lipinski definition) is 1. The molecule has 0 aromatic heterocycles. The third-order valence-electron chi connectivity index (χ3n) is 3.05. The Bertz CT molecular complexity index is 841. The number of carbonyl (C=O) groups excluding carboxylic acids is 1. The van der Waals surface area contributed by atoms with Crippen LogP contribution in [0.25, 0.3) is 6.08 Å². The Balaban J connectivity index is 2.18. The Labute approximate surface area is 149 Å². The van der Waals surface area contributed by atoms with Crippen LogP contribution in [0, 0.1) is 11.6 Å². The van der Waals surface area contributed by atoms with Gasteiger partial charge in [-0.2, -0.15) is 17.6 Å². The van der Waals surface area contributed by atoms with Crippen LogP contribution in [-0.2, 0) is 4.79 Å². The molecule has 0 bridgehead atoms. The van der Waals surface area contributed by atoms with Gasteiger partial charge in [-0.3, -0.25) is 4.79 Å². The van der Waals surface area contributed by atoms with E-state index < -0.39 is 48.0 Å². The van der Waals surface area contributed by atoms with Gasteiger partial charge in [-0.25, -0.2) is 8.78 Å². The molecule has 0 aliphatic rings. The third-order valence-corrected chi connectivity index (χ3v) is 3.05. The predicted molar refractivity (Wildman–Crippen MR) is 83.7 cm³/mol. The summed E-state index contributed by atoms with van der Waals surface area (Å²) in [7, 11) is 0. The summed E-state index contributed by atoms with van der Waals surface area (Å²) in [4.78, 5) is 11.8. The molecule has 0 fully saturated rings. The lowest BCUT2D eigenvalue weighted by molar-refractivity contribution is -0.111. The first-order chi connectivity index (χ1) is 12.8. The monoisotopic (exact) mass is 391 g/mol. The smallest absolute Gasteiger partial charge is 0.387 e. The molecule has 0 aliphatic carbocycles. The van der Waals surface area contributed by atoms with E-state index in [9.17, 15) is 31.1 Å². The number of halogens is 6. The standard InChI is InChI=1S/C17H11F6NO3/c18-11-2-1-3-12(15(11)19)24-14(25)7-5-9-4-6-10(26-16(20)21)8-13(9)27-17(22)23/h1-8,16-17H,(H,24,25)/b7-5+. The van der Waals surface area contributed by atoms with Crippen molar-refractivity contribution < 1.29 is 40.6 Å². The Morgan fingerprint density at radius 3 is 2.37 bits per heavy atom. The Morgan fingerprint density at radius 1 is 1.00 bits per heavy atom. The number of amides is 1. The summed E-state index contributed by atoms with van der Waals surface area (Å²) in [5, 5.41) is 2.07. The fourth-order valence-electron chi connectivity index (χ4n) is 1.97. The van der Waals surface area contributed by atoms with Gasteiger partial charge in [0.15, 0.2) is 11.6 Å². The van der Waals surface area contributed by atoms with Crippen LogP contribution in [0.5, 0.6) is 11.5 Å². The van der Waals surface area contributed by atoms with E-state index in [1.54, 1.807) is 0 Å². The molecule has 0 saturated carbocycles. The van der Waals surface area contributed by atoms with Gasteiger partial charge in [0, 0.05) is 17.7 Å². The number of ether oxygens (including phenoxy) is 2. The maximum absolute atomic E-state index is 13.5. The fourth-order valence-corrected chi connectivity index (χ4v) is 1.97. The summed E-state index contributed by atoms with van der Waals surface area (Å²) >= 11 is 0. The van der Waals surface area contributed by atoms with E-state index in [2.05, 4.69) is 14.8 Å². The molecule has 0 unspecified atom stereocenters. The molecule has 2 aromatic carbocycles. The summed E-state index contributed by atoms with van der Waals surface area (Å²) < 4.78 is 84.2. The van der Waals surface area contributed by atoms with Gasteiger partial charge in [-0.05, 0) is 30.3 Å². The van der Waals surface area contributed by atoms with Crippen molar-refractivity contribution in [3.8, 4) is 11.5 Å². The van der Waals surface area contributed by atoms with Crippen LogP contribution in [0.15, 0.2) is 42.5 Å². The van der Waals surface area contributed by atoms with Crippen molar-refractivity contribution in [1.29, 1.82) is 0 Å². The fraction of sp³-hybridized carbons (Fsp3) is 0.118. The average Bonchev–Trinajstić information content (AvgIpc) is 2.57. The molecule has 0 radical (unpaired) electrons. The van der Waals surface area contributed by atoms with Crippen molar-refractivity contribution in [3.05, 3.63) is 59.7 Å². The quantitative estimate of drug-likeness (QED) is 0.544. The van der Waals surface area contributed by atoms with Crippen LogP contribution in [0.1, 0.15) is 5.56 Å².